The number of carbonyl (C=O) groups excluding carboxylic acids is 1. The number of hydrogen-bond donors (Lipinski definition) is 0. The van der Waals surface area contributed by atoms with Crippen molar-refractivity contribution in [2.24, 2.45) is 17.8 Å². The van der Waals surface area contributed by atoms with E-state index in [1.807, 2.05) is 13.0 Å². The van der Waals surface area contributed by atoms with E-state index in [2.05, 4.69) is 73.7 Å². The van der Waals surface area contributed by atoms with Crippen molar-refractivity contribution in [2.75, 3.05) is 6.61 Å². The molecule has 4 fully saturated rings. The number of esters is 1. The van der Waals surface area contributed by atoms with Crippen LogP contribution in [0, 0.1) is 24.7 Å². The molecule has 0 atom stereocenters. The summed E-state index contributed by atoms with van der Waals surface area (Å²) in [5.41, 5.74) is 7.56. The molecule has 4 saturated carbocycles. The predicted octanol–water partition coefficient (Wildman–Crippen LogP) is 8.29. The summed E-state index contributed by atoms with van der Waals surface area (Å²) in [7, 11) is 0. The molecule has 38 heavy (non-hydrogen) atoms. The molecule has 0 N–H and O–H groups in total. The molecule has 3 heteroatoms. The number of ether oxygens (including phenoxy) is 2. The Morgan fingerprint density at radius 3 is 2.29 bits per heavy atom. The Kier molecular flexibility index (Phi) is 6.86. The molecule has 0 radical (unpaired) electrons. The molecule has 3 aromatic rings. The average Bonchev–Trinajstić information content (AvgIpc) is 2.91. The fourth-order valence-corrected chi connectivity index (χ4v) is 7.88. The maximum atomic E-state index is 11.7. The number of benzene rings is 3. The summed E-state index contributed by atoms with van der Waals surface area (Å²) in [5.74, 6) is 3.38. The second-order valence-corrected chi connectivity index (χ2v) is 11.8. The van der Waals surface area contributed by atoms with Gasteiger partial charge in [0.25, 0.3) is 0 Å². The molecular formula is C35H38O3. The van der Waals surface area contributed by atoms with Crippen LogP contribution in [0.5, 0.6) is 5.75 Å². The Bertz CT molecular complexity index is 1300. The Morgan fingerprint density at radius 2 is 1.63 bits per heavy atom. The highest BCUT2D eigenvalue weighted by molar-refractivity contribution is 5.87. The van der Waals surface area contributed by atoms with Gasteiger partial charge in [0.2, 0.25) is 0 Å². The molecule has 0 amide bonds. The quantitative estimate of drug-likeness (QED) is 0.228. The SMILES string of the molecule is CCOC(=O)/C=C/c1ccc(-c2ccc(OCc3ccccc3)c(C34CC5CC(CC(C5)C3)C4)c2)c(C)c1. The van der Waals surface area contributed by atoms with Crippen LogP contribution >= 0.6 is 0 Å². The lowest BCUT2D eigenvalue weighted by molar-refractivity contribution is -0.137. The Hall–Kier alpha value is -3.33. The van der Waals surface area contributed by atoms with Crippen LogP contribution in [0.4, 0.5) is 0 Å². The van der Waals surface area contributed by atoms with Crippen molar-refractivity contribution >= 4 is 12.0 Å². The number of hydrogen-bond acceptors (Lipinski definition) is 3. The van der Waals surface area contributed by atoms with Crippen molar-refractivity contribution in [2.45, 2.75) is 64.4 Å². The van der Waals surface area contributed by atoms with Crippen LogP contribution in [0.1, 0.15) is 67.7 Å². The summed E-state index contributed by atoms with van der Waals surface area (Å²) in [5, 5.41) is 0. The van der Waals surface area contributed by atoms with Gasteiger partial charge in [0.05, 0.1) is 6.61 Å². The summed E-state index contributed by atoms with van der Waals surface area (Å²) in [6, 6.07) is 23.8. The second-order valence-electron chi connectivity index (χ2n) is 11.8. The molecule has 7 rings (SSSR count). The topological polar surface area (TPSA) is 35.5 Å². The molecule has 0 aliphatic heterocycles. The zero-order valence-electron chi connectivity index (χ0n) is 22.6. The first-order valence-electron chi connectivity index (χ1n) is 14.3. The lowest BCUT2D eigenvalue weighted by Crippen LogP contribution is -2.48. The first-order valence-corrected chi connectivity index (χ1v) is 14.3. The molecule has 0 unspecified atom stereocenters. The van der Waals surface area contributed by atoms with Gasteiger partial charge >= 0.3 is 5.97 Å². The molecule has 0 spiro atoms. The molecule has 0 aromatic heterocycles. The van der Waals surface area contributed by atoms with Crippen LogP contribution in [0.3, 0.4) is 0 Å². The van der Waals surface area contributed by atoms with Crippen LogP contribution in [0.15, 0.2) is 72.8 Å². The molecule has 4 bridgehead atoms. The van der Waals surface area contributed by atoms with Gasteiger partial charge in [0.1, 0.15) is 12.4 Å². The molecule has 0 saturated heterocycles. The Balaban J connectivity index is 1.34. The zero-order chi connectivity index (χ0) is 26.1. The summed E-state index contributed by atoms with van der Waals surface area (Å²) < 4.78 is 11.6. The molecular weight excluding hydrogens is 468 g/mol. The highest BCUT2D eigenvalue weighted by Gasteiger charge is 2.52. The molecule has 3 aromatic carbocycles. The summed E-state index contributed by atoms with van der Waals surface area (Å²) in [6.07, 6.45) is 11.5. The Morgan fingerprint density at radius 1 is 0.921 bits per heavy atom. The normalized spacial score (nSPS) is 25.6. The van der Waals surface area contributed by atoms with Crippen molar-refractivity contribution in [3.05, 3.63) is 95.1 Å². The lowest BCUT2D eigenvalue weighted by Gasteiger charge is -2.57. The smallest absolute Gasteiger partial charge is 0.330 e. The summed E-state index contributed by atoms with van der Waals surface area (Å²) in [6.45, 7) is 4.96. The van der Waals surface area contributed by atoms with Crippen LogP contribution in [0.25, 0.3) is 17.2 Å². The largest absolute Gasteiger partial charge is 0.489 e. The first-order chi connectivity index (χ1) is 18.5. The summed E-state index contributed by atoms with van der Waals surface area (Å²) >= 11 is 0. The first kappa shape index (κ1) is 25.0. The minimum Gasteiger partial charge on any atom is -0.489 e. The van der Waals surface area contributed by atoms with E-state index in [9.17, 15) is 4.79 Å². The molecule has 196 valence electrons. The highest BCUT2D eigenvalue weighted by atomic mass is 16.5. The lowest BCUT2D eigenvalue weighted by atomic mass is 9.48. The predicted molar refractivity (Wildman–Crippen MR) is 153 cm³/mol. The maximum absolute atomic E-state index is 11.7. The second kappa shape index (κ2) is 10.4. The summed E-state index contributed by atoms with van der Waals surface area (Å²) in [4.78, 5) is 11.7. The fourth-order valence-electron chi connectivity index (χ4n) is 7.88. The van der Waals surface area contributed by atoms with E-state index in [1.165, 1.54) is 72.4 Å². The van der Waals surface area contributed by atoms with E-state index in [0.29, 0.717) is 13.2 Å². The van der Waals surface area contributed by atoms with Crippen LogP contribution in [-0.2, 0) is 21.6 Å². The minimum absolute atomic E-state index is 0.243. The number of carbonyl (C=O) groups is 1. The van der Waals surface area contributed by atoms with Gasteiger partial charge in [-0.2, -0.15) is 0 Å². The number of aryl methyl sites for hydroxylation is 1. The minimum atomic E-state index is -0.305. The van der Waals surface area contributed by atoms with Crippen LogP contribution in [0.2, 0.25) is 0 Å². The van der Waals surface area contributed by atoms with Crippen LogP contribution in [-0.4, -0.2) is 12.6 Å². The van der Waals surface area contributed by atoms with Gasteiger partial charge in [-0.1, -0.05) is 54.6 Å². The van der Waals surface area contributed by atoms with Gasteiger partial charge in [0.15, 0.2) is 0 Å². The highest BCUT2D eigenvalue weighted by Crippen LogP contribution is 2.62. The van der Waals surface area contributed by atoms with Crippen molar-refractivity contribution < 1.29 is 14.3 Å². The standard InChI is InChI=1S/C35H38O3/c1-3-37-34(36)14-10-25-9-12-31(24(2)15-25)30-11-13-33(38-23-26-7-5-4-6-8-26)32(19-30)35-20-27-16-28(21-35)18-29(17-27)22-35/h4-15,19,27-29H,3,16-18,20-23H2,1-2H3/b14-10+. The van der Waals surface area contributed by atoms with E-state index in [4.69, 9.17) is 9.47 Å². The fraction of sp³-hybridized carbons (Fsp3) is 0.400. The molecule has 0 heterocycles. The van der Waals surface area contributed by atoms with Crippen molar-refractivity contribution in [3.8, 4) is 16.9 Å². The maximum Gasteiger partial charge on any atom is 0.330 e. The van der Waals surface area contributed by atoms with E-state index < -0.39 is 0 Å². The van der Waals surface area contributed by atoms with E-state index in [0.717, 1.165) is 29.1 Å². The zero-order valence-corrected chi connectivity index (χ0v) is 22.6. The van der Waals surface area contributed by atoms with Crippen molar-refractivity contribution in [1.29, 1.82) is 0 Å². The third kappa shape index (κ3) is 5.04. The van der Waals surface area contributed by atoms with E-state index in [1.54, 1.807) is 0 Å². The number of rotatable bonds is 8. The van der Waals surface area contributed by atoms with Gasteiger partial charge in [-0.3, -0.25) is 0 Å². The monoisotopic (exact) mass is 506 g/mol. The van der Waals surface area contributed by atoms with Gasteiger partial charge in [-0.15, -0.1) is 0 Å². The molecule has 4 aliphatic carbocycles. The van der Waals surface area contributed by atoms with Gasteiger partial charge < -0.3 is 9.47 Å². The van der Waals surface area contributed by atoms with Gasteiger partial charge in [0, 0.05) is 11.6 Å². The van der Waals surface area contributed by atoms with Gasteiger partial charge in [-0.05, 0) is 122 Å². The third-order valence-electron chi connectivity index (χ3n) is 9.09. The average molecular weight is 507 g/mol. The van der Waals surface area contributed by atoms with Crippen LogP contribution < -0.4 is 4.74 Å². The molecule has 4 aliphatic rings. The van der Waals surface area contributed by atoms with Crippen molar-refractivity contribution in [1.82, 2.24) is 0 Å². The third-order valence-corrected chi connectivity index (χ3v) is 9.09. The van der Waals surface area contributed by atoms with Gasteiger partial charge in [-0.25, -0.2) is 4.79 Å². The van der Waals surface area contributed by atoms with E-state index in [-0.39, 0.29) is 11.4 Å². The van der Waals surface area contributed by atoms with Crippen molar-refractivity contribution in [3.63, 3.8) is 0 Å². The van der Waals surface area contributed by atoms with E-state index >= 15 is 0 Å². The Labute approximate surface area is 226 Å². The molecule has 3 nitrogen and oxygen atoms in total.